The molecule has 0 radical (unpaired) electrons. The Morgan fingerprint density at radius 3 is 2.61 bits per heavy atom. The summed E-state index contributed by atoms with van der Waals surface area (Å²) in [4.78, 5) is 21.3. The zero-order chi connectivity index (χ0) is 13.2. The fourth-order valence-corrected chi connectivity index (χ4v) is 1.17. The summed E-state index contributed by atoms with van der Waals surface area (Å²) in [5, 5.41) is 10.9. The van der Waals surface area contributed by atoms with Gasteiger partial charge in [-0.3, -0.25) is 9.59 Å². The Kier molecular flexibility index (Phi) is 7.31. The van der Waals surface area contributed by atoms with Crippen LogP contribution in [-0.2, 0) is 23.8 Å². The van der Waals surface area contributed by atoms with Gasteiger partial charge in [-0.15, -0.1) is 0 Å². The molecule has 7 heteroatoms. The normalized spacial score (nSPS) is 17.4. The number of nitrogens with one attached hydrogen (secondary N) is 1. The van der Waals surface area contributed by atoms with E-state index in [1.165, 1.54) is 0 Å². The van der Waals surface area contributed by atoms with E-state index in [0.29, 0.717) is 33.0 Å². The minimum absolute atomic E-state index is 0.000166. The maximum atomic E-state index is 11.1. The van der Waals surface area contributed by atoms with Crippen molar-refractivity contribution < 1.29 is 28.9 Å². The van der Waals surface area contributed by atoms with Crippen LogP contribution >= 0.6 is 0 Å². The molecule has 1 fully saturated rings. The van der Waals surface area contributed by atoms with E-state index in [4.69, 9.17) is 19.3 Å². The lowest BCUT2D eigenvalue weighted by Gasteiger charge is -2.06. The molecule has 0 spiro atoms. The van der Waals surface area contributed by atoms with Gasteiger partial charge in [0.15, 0.2) is 0 Å². The first kappa shape index (κ1) is 14.9. The highest BCUT2D eigenvalue weighted by atomic mass is 16.6. The summed E-state index contributed by atoms with van der Waals surface area (Å²) in [7, 11) is 0. The van der Waals surface area contributed by atoms with Gasteiger partial charge in [-0.2, -0.15) is 0 Å². The fraction of sp³-hybridized carbons (Fsp3) is 0.818. The molecule has 7 nitrogen and oxygen atoms in total. The topological polar surface area (TPSA) is 97.4 Å². The highest BCUT2D eigenvalue weighted by Crippen LogP contribution is 2.07. The van der Waals surface area contributed by atoms with Crippen LogP contribution in [0.3, 0.4) is 0 Å². The number of carboxylic acid groups (broad SMARTS) is 1. The second-order valence-corrected chi connectivity index (χ2v) is 3.89. The quantitative estimate of drug-likeness (QED) is 0.381. The van der Waals surface area contributed by atoms with Crippen molar-refractivity contribution in [3.8, 4) is 0 Å². The molecule has 1 unspecified atom stereocenters. The van der Waals surface area contributed by atoms with E-state index in [1.807, 2.05) is 0 Å². The Morgan fingerprint density at radius 2 is 1.94 bits per heavy atom. The molecular weight excluding hydrogens is 242 g/mol. The van der Waals surface area contributed by atoms with E-state index < -0.39 is 5.97 Å². The van der Waals surface area contributed by atoms with E-state index in [2.05, 4.69) is 5.32 Å². The van der Waals surface area contributed by atoms with Crippen LogP contribution in [0.4, 0.5) is 0 Å². The first-order valence-corrected chi connectivity index (χ1v) is 5.94. The van der Waals surface area contributed by atoms with Crippen molar-refractivity contribution in [2.24, 2.45) is 0 Å². The van der Waals surface area contributed by atoms with Crippen LogP contribution in [0.5, 0.6) is 0 Å². The molecule has 1 aliphatic heterocycles. The van der Waals surface area contributed by atoms with Crippen LogP contribution in [0, 0.1) is 0 Å². The molecule has 0 aromatic heterocycles. The predicted molar refractivity (Wildman–Crippen MR) is 61.3 cm³/mol. The third-order valence-electron chi connectivity index (χ3n) is 2.21. The molecule has 0 bridgehead atoms. The molecule has 2 N–H and O–H groups in total. The van der Waals surface area contributed by atoms with Gasteiger partial charge < -0.3 is 24.6 Å². The van der Waals surface area contributed by atoms with Gasteiger partial charge in [-0.25, -0.2) is 0 Å². The van der Waals surface area contributed by atoms with E-state index in [9.17, 15) is 9.59 Å². The number of carboxylic acids is 1. The maximum absolute atomic E-state index is 11.1. The van der Waals surface area contributed by atoms with Gasteiger partial charge >= 0.3 is 5.97 Å². The number of epoxide rings is 1. The number of carbonyl (C=O) groups is 2. The lowest BCUT2D eigenvalue weighted by molar-refractivity contribution is -0.138. The van der Waals surface area contributed by atoms with Gasteiger partial charge in [-0.05, 0) is 0 Å². The van der Waals surface area contributed by atoms with Crippen molar-refractivity contribution in [1.29, 1.82) is 0 Å². The first-order valence-electron chi connectivity index (χ1n) is 5.94. The molecule has 1 rings (SSSR count). The van der Waals surface area contributed by atoms with E-state index >= 15 is 0 Å². The second kappa shape index (κ2) is 8.84. The van der Waals surface area contributed by atoms with Gasteiger partial charge in [-0.1, -0.05) is 0 Å². The van der Waals surface area contributed by atoms with Gasteiger partial charge in [0.25, 0.3) is 0 Å². The van der Waals surface area contributed by atoms with Crippen LogP contribution in [0.25, 0.3) is 0 Å². The Hall–Kier alpha value is -1.18. The van der Waals surface area contributed by atoms with Crippen LogP contribution in [-0.4, -0.2) is 62.7 Å². The van der Waals surface area contributed by atoms with E-state index in [1.54, 1.807) is 0 Å². The van der Waals surface area contributed by atoms with Crippen LogP contribution in [0.2, 0.25) is 0 Å². The fourth-order valence-electron chi connectivity index (χ4n) is 1.17. The third-order valence-corrected chi connectivity index (χ3v) is 2.21. The zero-order valence-electron chi connectivity index (χ0n) is 10.2. The molecule has 0 aliphatic carbocycles. The first-order chi connectivity index (χ1) is 8.68. The van der Waals surface area contributed by atoms with E-state index in [0.717, 1.165) is 6.61 Å². The minimum atomic E-state index is -0.974. The second-order valence-electron chi connectivity index (χ2n) is 3.89. The predicted octanol–water partition coefficient (Wildman–Crippen LogP) is -0.601. The standard InChI is InChI=1S/C11H19NO6/c13-10(1-2-11(14)15)12-3-4-16-5-6-17-7-9-8-18-9/h9H,1-8H2,(H,12,13)(H,14,15). The van der Waals surface area contributed by atoms with Gasteiger partial charge in [0.1, 0.15) is 6.10 Å². The van der Waals surface area contributed by atoms with Crippen LogP contribution in [0.15, 0.2) is 0 Å². The third kappa shape index (κ3) is 8.91. The Morgan fingerprint density at radius 1 is 1.22 bits per heavy atom. The van der Waals surface area contributed by atoms with Gasteiger partial charge in [0.2, 0.25) is 5.91 Å². The largest absolute Gasteiger partial charge is 0.481 e. The Labute approximate surface area is 105 Å². The molecule has 0 saturated carbocycles. The van der Waals surface area contributed by atoms with Crippen molar-refractivity contribution in [1.82, 2.24) is 5.32 Å². The Balaban J connectivity index is 1.76. The number of hydrogen-bond acceptors (Lipinski definition) is 5. The Bertz CT molecular complexity index is 266. The molecule has 0 aromatic carbocycles. The monoisotopic (exact) mass is 261 g/mol. The summed E-state index contributed by atoms with van der Waals surface area (Å²) in [6.07, 6.45) is 0.113. The maximum Gasteiger partial charge on any atom is 0.303 e. The summed E-state index contributed by atoms with van der Waals surface area (Å²) >= 11 is 0. The highest BCUT2D eigenvalue weighted by Gasteiger charge is 2.21. The molecule has 1 aliphatic rings. The van der Waals surface area contributed by atoms with Crippen molar-refractivity contribution in [2.75, 3.05) is 39.6 Å². The SMILES string of the molecule is O=C(O)CCC(=O)NCCOCCOCC1CO1. The highest BCUT2D eigenvalue weighted by molar-refractivity contribution is 5.80. The average Bonchev–Trinajstić information content (AvgIpc) is 3.14. The van der Waals surface area contributed by atoms with Crippen molar-refractivity contribution >= 4 is 11.9 Å². The number of aliphatic carboxylic acids is 1. The molecule has 0 aromatic rings. The lowest BCUT2D eigenvalue weighted by atomic mass is 10.3. The molecule has 1 saturated heterocycles. The summed E-state index contributed by atoms with van der Waals surface area (Å²) in [6, 6.07) is 0. The molecule has 104 valence electrons. The van der Waals surface area contributed by atoms with Crippen LogP contribution in [0.1, 0.15) is 12.8 Å². The molecule has 1 atom stereocenters. The average molecular weight is 261 g/mol. The van der Waals surface area contributed by atoms with Crippen LogP contribution < -0.4 is 5.32 Å². The summed E-state index contributed by atoms with van der Waals surface area (Å²) < 4.78 is 15.4. The van der Waals surface area contributed by atoms with Crippen molar-refractivity contribution in [2.45, 2.75) is 18.9 Å². The number of ether oxygens (including phenoxy) is 3. The molecular formula is C11H19NO6. The molecule has 1 heterocycles. The minimum Gasteiger partial charge on any atom is -0.481 e. The molecule has 1 amide bonds. The van der Waals surface area contributed by atoms with Crippen molar-refractivity contribution in [3.63, 3.8) is 0 Å². The van der Waals surface area contributed by atoms with Crippen molar-refractivity contribution in [3.05, 3.63) is 0 Å². The van der Waals surface area contributed by atoms with Gasteiger partial charge in [0, 0.05) is 13.0 Å². The number of amides is 1. The molecule has 18 heavy (non-hydrogen) atoms. The summed E-state index contributed by atoms with van der Waals surface area (Å²) in [5.74, 6) is -1.25. The smallest absolute Gasteiger partial charge is 0.303 e. The zero-order valence-corrected chi connectivity index (χ0v) is 10.2. The number of carbonyl (C=O) groups excluding carboxylic acids is 1. The summed E-state index contributed by atoms with van der Waals surface area (Å²) in [6.45, 7) is 3.13. The van der Waals surface area contributed by atoms with E-state index in [-0.39, 0.29) is 24.9 Å². The number of hydrogen-bond donors (Lipinski definition) is 2. The van der Waals surface area contributed by atoms with Gasteiger partial charge in [0.05, 0.1) is 39.5 Å². The summed E-state index contributed by atoms with van der Waals surface area (Å²) in [5.41, 5.74) is 0. The lowest BCUT2D eigenvalue weighted by Crippen LogP contribution is -2.27. The number of rotatable bonds is 11.